The molecule has 7 nitrogen and oxygen atoms in total. The monoisotopic (exact) mass is 456 g/mol. The number of carbonyl (C=O) groups excluding carboxylic acids is 2. The maximum absolute atomic E-state index is 12.5. The SMILES string of the molecule is O=C1NC(CCc2ccccc2)C(=O)N1CCS(=O)(=O)Oc1ccc(Cl)cc1Cl. The lowest BCUT2D eigenvalue weighted by molar-refractivity contribution is -0.127. The molecule has 1 atom stereocenters. The van der Waals surface area contributed by atoms with Crippen molar-refractivity contribution in [3.05, 3.63) is 64.1 Å². The molecule has 10 heteroatoms. The van der Waals surface area contributed by atoms with E-state index in [-0.39, 0.29) is 17.3 Å². The summed E-state index contributed by atoms with van der Waals surface area (Å²) in [4.78, 5) is 25.5. The van der Waals surface area contributed by atoms with Gasteiger partial charge in [-0.1, -0.05) is 53.5 Å². The van der Waals surface area contributed by atoms with Crippen molar-refractivity contribution in [1.82, 2.24) is 10.2 Å². The standard InChI is InChI=1S/C19H18Cl2N2O5S/c20-14-7-9-17(15(21)12-14)28-29(26,27)11-10-23-18(24)16(22-19(23)25)8-6-13-4-2-1-3-5-13/h1-5,7,9,12,16H,6,8,10-11H2,(H,22,25). The summed E-state index contributed by atoms with van der Waals surface area (Å²) in [5.41, 5.74) is 1.05. The van der Waals surface area contributed by atoms with Crippen molar-refractivity contribution in [2.24, 2.45) is 0 Å². The third kappa shape index (κ3) is 5.62. The van der Waals surface area contributed by atoms with E-state index in [2.05, 4.69) is 5.32 Å². The van der Waals surface area contributed by atoms with Gasteiger partial charge in [-0.15, -0.1) is 0 Å². The van der Waals surface area contributed by atoms with E-state index in [1.54, 1.807) is 0 Å². The topological polar surface area (TPSA) is 92.8 Å². The fourth-order valence-electron chi connectivity index (χ4n) is 2.86. The van der Waals surface area contributed by atoms with E-state index >= 15 is 0 Å². The van der Waals surface area contributed by atoms with Crippen molar-refractivity contribution >= 4 is 45.3 Å². The average molecular weight is 457 g/mol. The second-order valence-electron chi connectivity index (χ2n) is 6.44. The summed E-state index contributed by atoms with van der Waals surface area (Å²) in [6, 6.07) is 12.4. The van der Waals surface area contributed by atoms with Crippen molar-refractivity contribution in [2.75, 3.05) is 12.3 Å². The van der Waals surface area contributed by atoms with Crippen LogP contribution in [-0.4, -0.2) is 43.6 Å². The van der Waals surface area contributed by atoms with E-state index in [1.165, 1.54) is 18.2 Å². The Morgan fingerprint density at radius 1 is 1.07 bits per heavy atom. The Bertz CT molecular complexity index is 1010. The predicted octanol–water partition coefficient (Wildman–Crippen LogP) is 3.26. The Hall–Kier alpha value is -2.29. The number of carbonyl (C=O) groups is 2. The van der Waals surface area contributed by atoms with Crippen LogP contribution in [0.3, 0.4) is 0 Å². The van der Waals surface area contributed by atoms with Gasteiger partial charge in [0.1, 0.15) is 11.8 Å². The van der Waals surface area contributed by atoms with E-state index in [0.29, 0.717) is 17.9 Å². The molecular formula is C19H18Cl2N2O5S. The number of hydrogen-bond acceptors (Lipinski definition) is 5. The molecule has 1 aliphatic rings. The highest BCUT2D eigenvalue weighted by atomic mass is 35.5. The third-order valence-corrected chi connectivity index (χ3v) is 5.99. The van der Waals surface area contributed by atoms with Crippen LogP contribution in [0.15, 0.2) is 48.5 Å². The predicted molar refractivity (Wildman–Crippen MR) is 110 cm³/mol. The van der Waals surface area contributed by atoms with Crippen LogP contribution in [0.25, 0.3) is 0 Å². The van der Waals surface area contributed by atoms with Crippen LogP contribution in [0.2, 0.25) is 10.0 Å². The largest absolute Gasteiger partial charge is 0.381 e. The number of hydrogen-bond donors (Lipinski definition) is 1. The van der Waals surface area contributed by atoms with E-state index in [4.69, 9.17) is 27.4 Å². The molecule has 1 fully saturated rings. The zero-order valence-electron chi connectivity index (χ0n) is 15.2. The molecule has 0 saturated carbocycles. The molecule has 0 radical (unpaired) electrons. The summed E-state index contributed by atoms with van der Waals surface area (Å²) >= 11 is 11.7. The molecule has 0 aliphatic carbocycles. The molecule has 29 heavy (non-hydrogen) atoms. The first-order valence-corrected chi connectivity index (χ1v) is 11.1. The van der Waals surface area contributed by atoms with Crippen LogP contribution < -0.4 is 9.50 Å². The highest BCUT2D eigenvalue weighted by Crippen LogP contribution is 2.28. The van der Waals surface area contributed by atoms with Crippen molar-refractivity contribution in [3.8, 4) is 5.75 Å². The molecule has 0 bridgehead atoms. The van der Waals surface area contributed by atoms with Gasteiger partial charge < -0.3 is 9.50 Å². The van der Waals surface area contributed by atoms with Gasteiger partial charge in [-0.2, -0.15) is 8.42 Å². The Kier molecular flexibility index (Phi) is 6.66. The van der Waals surface area contributed by atoms with E-state index in [9.17, 15) is 18.0 Å². The zero-order valence-corrected chi connectivity index (χ0v) is 17.5. The lowest BCUT2D eigenvalue weighted by atomic mass is 10.1. The van der Waals surface area contributed by atoms with Crippen molar-refractivity contribution in [3.63, 3.8) is 0 Å². The molecule has 154 valence electrons. The number of rotatable bonds is 8. The number of aryl methyl sites for hydroxylation is 1. The Labute approximate surface area is 178 Å². The summed E-state index contributed by atoms with van der Waals surface area (Å²) in [5.74, 6) is -1.09. The fraction of sp³-hybridized carbons (Fsp3) is 0.263. The minimum absolute atomic E-state index is 0.0389. The van der Waals surface area contributed by atoms with Crippen LogP contribution in [0.4, 0.5) is 4.79 Å². The molecule has 0 aromatic heterocycles. The summed E-state index contributed by atoms with van der Waals surface area (Å²) in [6.45, 7) is -0.319. The van der Waals surface area contributed by atoms with Gasteiger partial charge in [-0.3, -0.25) is 9.69 Å². The summed E-state index contributed by atoms with van der Waals surface area (Å²) in [7, 11) is -4.08. The van der Waals surface area contributed by atoms with Crippen LogP contribution in [0, 0.1) is 0 Å². The molecule has 3 rings (SSSR count). The van der Waals surface area contributed by atoms with Gasteiger partial charge in [0.25, 0.3) is 5.91 Å². The minimum Gasteiger partial charge on any atom is -0.381 e. The first kappa shape index (κ1) is 21.4. The molecule has 0 spiro atoms. The van der Waals surface area contributed by atoms with Crippen LogP contribution in [0.1, 0.15) is 12.0 Å². The zero-order chi connectivity index (χ0) is 21.0. The highest BCUT2D eigenvalue weighted by molar-refractivity contribution is 7.87. The van der Waals surface area contributed by atoms with Crippen molar-refractivity contribution in [1.29, 1.82) is 0 Å². The van der Waals surface area contributed by atoms with Gasteiger partial charge in [0.05, 0.1) is 5.02 Å². The molecule has 2 aromatic rings. The molecule has 1 unspecified atom stereocenters. The van der Waals surface area contributed by atoms with Crippen molar-refractivity contribution < 1.29 is 22.2 Å². The number of halogens is 2. The third-order valence-electron chi connectivity index (χ3n) is 4.35. The normalized spacial score (nSPS) is 16.8. The van der Waals surface area contributed by atoms with Gasteiger partial charge in [-0.25, -0.2) is 4.79 Å². The number of nitrogens with zero attached hydrogens (tertiary/aromatic N) is 1. The minimum atomic E-state index is -4.08. The Morgan fingerprint density at radius 3 is 2.48 bits per heavy atom. The Balaban J connectivity index is 1.56. The smallest absolute Gasteiger partial charge is 0.324 e. The molecule has 1 heterocycles. The first-order chi connectivity index (χ1) is 13.7. The van der Waals surface area contributed by atoms with Gasteiger partial charge >= 0.3 is 16.1 Å². The molecular weight excluding hydrogens is 439 g/mol. The van der Waals surface area contributed by atoms with Gasteiger partial charge in [-0.05, 0) is 36.6 Å². The van der Waals surface area contributed by atoms with Crippen molar-refractivity contribution in [2.45, 2.75) is 18.9 Å². The first-order valence-electron chi connectivity index (χ1n) is 8.78. The number of benzene rings is 2. The van der Waals surface area contributed by atoms with Crippen LogP contribution in [0.5, 0.6) is 5.75 Å². The summed E-state index contributed by atoms with van der Waals surface area (Å²) in [6.07, 6.45) is 1.04. The average Bonchev–Trinajstić information content (AvgIpc) is 2.95. The lowest BCUT2D eigenvalue weighted by Gasteiger charge is -2.14. The van der Waals surface area contributed by atoms with E-state index in [1.807, 2.05) is 30.3 Å². The highest BCUT2D eigenvalue weighted by Gasteiger charge is 2.38. The number of urea groups is 1. The number of amides is 3. The van der Waals surface area contributed by atoms with E-state index in [0.717, 1.165) is 10.5 Å². The molecule has 1 saturated heterocycles. The maximum atomic E-state index is 12.5. The number of imide groups is 1. The quantitative estimate of drug-likeness (QED) is 0.485. The van der Waals surface area contributed by atoms with Crippen LogP contribution in [-0.2, 0) is 21.3 Å². The number of nitrogens with one attached hydrogen (secondary N) is 1. The van der Waals surface area contributed by atoms with Gasteiger partial charge in [0.15, 0.2) is 5.75 Å². The van der Waals surface area contributed by atoms with Gasteiger partial charge in [0, 0.05) is 11.6 Å². The maximum Gasteiger partial charge on any atom is 0.324 e. The van der Waals surface area contributed by atoms with Crippen LogP contribution >= 0.6 is 23.2 Å². The molecule has 1 N–H and O–H groups in total. The fourth-order valence-corrected chi connectivity index (χ4v) is 4.27. The molecule has 1 aliphatic heterocycles. The lowest BCUT2D eigenvalue weighted by Crippen LogP contribution is -2.36. The van der Waals surface area contributed by atoms with Gasteiger partial charge in [0.2, 0.25) is 0 Å². The second kappa shape index (κ2) is 9.02. The second-order valence-corrected chi connectivity index (χ2v) is 8.97. The molecule has 3 amide bonds. The van der Waals surface area contributed by atoms with E-state index < -0.39 is 33.9 Å². The summed E-state index contributed by atoms with van der Waals surface area (Å²) < 4.78 is 29.4. The Morgan fingerprint density at radius 2 is 1.79 bits per heavy atom. The summed E-state index contributed by atoms with van der Waals surface area (Å²) in [5, 5.41) is 2.96. The molecule has 2 aromatic carbocycles.